The zero-order valence-electron chi connectivity index (χ0n) is 13.3. The van der Waals surface area contributed by atoms with E-state index in [0.29, 0.717) is 17.9 Å². The summed E-state index contributed by atoms with van der Waals surface area (Å²) < 4.78 is 27.0. The molecule has 0 aromatic heterocycles. The standard InChI is InChI=1S/C17H27F2N/c1-6-20-14(10-12(2)17(3,4)5)11-13-8-7-9-15(18)16(13)19/h7-9,12,14,20H,6,10-11H2,1-5H3. The Morgan fingerprint density at radius 1 is 1.20 bits per heavy atom. The zero-order valence-corrected chi connectivity index (χ0v) is 13.3. The molecule has 0 bridgehead atoms. The van der Waals surface area contributed by atoms with Crippen molar-refractivity contribution in [3.8, 4) is 0 Å². The van der Waals surface area contributed by atoms with Crippen LogP contribution in [0.3, 0.4) is 0 Å². The van der Waals surface area contributed by atoms with Crippen LogP contribution in [0, 0.1) is 23.0 Å². The minimum Gasteiger partial charge on any atom is -0.314 e. The lowest BCUT2D eigenvalue weighted by Crippen LogP contribution is -2.35. The highest BCUT2D eigenvalue weighted by Crippen LogP contribution is 2.30. The molecule has 2 atom stereocenters. The van der Waals surface area contributed by atoms with Gasteiger partial charge in [0, 0.05) is 6.04 Å². The van der Waals surface area contributed by atoms with E-state index in [9.17, 15) is 8.78 Å². The van der Waals surface area contributed by atoms with Gasteiger partial charge in [-0.1, -0.05) is 46.8 Å². The number of hydrogen-bond acceptors (Lipinski definition) is 1. The molecule has 114 valence electrons. The van der Waals surface area contributed by atoms with Crippen LogP contribution in [0.25, 0.3) is 0 Å². The first-order valence-corrected chi connectivity index (χ1v) is 7.42. The molecule has 0 saturated heterocycles. The van der Waals surface area contributed by atoms with Gasteiger partial charge < -0.3 is 5.32 Å². The van der Waals surface area contributed by atoms with Gasteiger partial charge in [-0.25, -0.2) is 8.78 Å². The predicted molar refractivity (Wildman–Crippen MR) is 80.8 cm³/mol. The zero-order chi connectivity index (χ0) is 15.3. The lowest BCUT2D eigenvalue weighted by molar-refractivity contribution is 0.222. The quantitative estimate of drug-likeness (QED) is 0.807. The van der Waals surface area contributed by atoms with Gasteiger partial charge in [0.2, 0.25) is 0 Å². The van der Waals surface area contributed by atoms with Gasteiger partial charge >= 0.3 is 0 Å². The third kappa shape index (κ3) is 4.86. The maximum absolute atomic E-state index is 13.8. The molecule has 1 N–H and O–H groups in total. The van der Waals surface area contributed by atoms with Crippen molar-refractivity contribution in [3.63, 3.8) is 0 Å². The second kappa shape index (κ2) is 7.16. The topological polar surface area (TPSA) is 12.0 Å². The van der Waals surface area contributed by atoms with E-state index in [0.717, 1.165) is 13.0 Å². The highest BCUT2D eigenvalue weighted by atomic mass is 19.2. The van der Waals surface area contributed by atoms with Gasteiger partial charge in [-0.05, 0) is 42.3 Å². The Kier molecular flexibility index (Phi) is 6.12. The van der Waals surface area contributed by atoms with Crippen LogP contribution in [0.15, 0.2) is 18.2 Å². The summed E-state index contributed by atoms with van der Waals surface area (Å²) in [4.78, 5) is 0. The number of likely N-dealkylation sites (N-methyl/N-ethyl adjacent to an activating group) is 1. The second-order valence-electron chi connectivity index (χ2n) is 6.67. The Bertz CT molecular complexity index is 423. The molecule has 3 heteroatoms. The Morgan fingerprint density at radius 3 is 2.40 bits per heavy atom. The molecule has 1 aromatic rings. The monoisotopic (exact) mass is 283 g/mol. The Balaban J connectivity index is 2.79. The van der Waals surface area contributed by atoms with Crippen LogP contribution in [0.2, 0.25) is 0 Å². The number of rotatable bonds is 6. The molecule has 0 radical (unpaired) electrons. The summed E-state index contributed by atoms with van der Waals surface area (Å²) >= 11 is 0. The summed E-state index contributed by atoms with van der Waals surface area (Å²) in [6.45, 7) is 11.7. The molecule has 0 fully saturated rings. The molecule has 2 unspecified atom stereocenters. The normalized spacial score (nSPS) is 15.2. The van der Waals surface area contributed by atoms with Gasteiger partial charge in [0.15, 0.2) is 11.6 Å². The van der Waals surface area contributed by atoms with E-state index in [1.807, 2.05) is 6.92 Å². The smallest absolute Gasteiger partial charge is 0.162 e. The summed E-state index contributed by atoms with van der Waals surface area (Å²) in [6.07, 6.45) is 1.48. The van der Waals surface area contributed by atoms with Gasteiger partial charge in [0.1, 0.15) is 0 Å². The number of nitrogens with one attached hydrogen (secondary N) is 1. The fourth-order valence-corrected chi connectivity index (χ4v) is 2.28. The van der Waals surface area contributed by atoms with E-state index in [1.54, 1.807) is 12.1 Å². The van der Waals surface area contributed by atoms with Crippen molar-refractivity contribution in [2.45, 2.75) is 53.5 Å². The molecule has 1 nitrogen and oxygen atoms in total. The molecular formula is C17H27F2N. The van der Waals surface area contributed by atoms with Crippen molar-refractivity contribution < 1.29 is 8.78 Å². The van der Waals surface area contributed by atoms with Crippen molar-refractivity contribution in [1.82, 2.24) is 5.32 Å². The Morgan fingerprint density at radius 2 is 1.85 bits per heavy atom. The molecular weight excluding hydrogens is 256 g/mol. The maximum Gasteiger partial charge on any atom is 0.162 e. The van der Waals surface area contributed by atoms with E-state index in [-0.39, 0.29) is 11.5 Å². The first-order chi connectivity index (χ1) is 9.25. The third-order valence-corrected chi connectivity index (χ3v) is 4.11. The van der Waals surface area contributed by atoms with Crippen LogP contribution < -0.4 is 5.32 Å². The summed E-state index contributed by atoms with van der Waals surface area (Å²) in [7, 11) is 0. The number of benzene rings is 1. The molecule has 0 heterocycles. The number of halogens is 2. The molecule has 0 spiro atoms. The van der Waals surface area contributed by atoms with Crippen molar-refractivity contribution in [1.29, 1.82) is 0 Å². The maximum atomic E-state index is 13.8. The van der Waals surface area contributed by atoms with Crippen molar-refractivity contribution in [2.24, 2.45) is 11.3 Å². The van der Waals surface area contributed by atoms with Crippen LogP contribution >= 0.6 is 0 Å². The van der Waals surface area contributed by atoms with E-state index >= 15 is 0 Å². The molecule has 0 aliphatic rings. The van der Waals surface area contributed by atoms with Gasteiger partial charge in [0.05, 0.1) is 0 Å². The summed E-state index contributed by atoms with van der Waals surface area (Å²) in [5.41, 5.74) is 0.672. The third-order valence-electron chi connectivity index (χ3n) is 4.11. The summed E-state index contributed by atoms with van der Waals surface area (Å²) in [5.74, 6) is -0.969. The van der Waals surface area contributed by atoms with Crippen molar-refractivity contribution >= 4 is 0 Å². The van der Waals surface area contributed by atoms with Crippen LogP contribution in [-0.2, 0) is 6.42 Å². The van der Waals surface area contributed by atoms with E-state index in [2.05, 4.69) is 33.0 Å². The molecule has 0 aliphatic heterocycles. The fraction of sp³-hybridized carbons (Fsp3) is 0.647. The first-order valence-electron chi connectivity index (χ1n) is 7.42. The van der Waals surface area contributed by atoms with E-state index in [4.69, 9.17) is 0 Å². The average molecular weight is 283 g/mol. The van der Waals surface area contributed by atoms with E-state index in [1.165, 1.54) is 6.07 Å². The first kappa shape index (κ1) is 17.1. The second-order valence-corrected chi connectivity index (χ2v) is 6.67. The highest BCUT2D eigenvalue weighted by molar-refractivity contribution is 5.20. The van der Waals surface area contributed by atoms with Gasteiger partial charge in [0.25, 0.3) is 0 Å². The van der Waals surface area contributed by atoms with Gasteiger partial charge in [-0.15, -0.1) is 0 Å². The molecule has 0 amide bonds. The minimum atomic E-state index is -0.762. The highest BCUT2D eigenvalue weighted by Gasteiger charge is 2.24. The molecule has 1 aromatic carbocycles. The minimum absolute atomic E-state index is 0.172. The van der Waals surface area contributed by atoms with Crippen molar-refractivity contribution in [3.05, 3.63) is 35.4 Å². The predicted octanol–water partition coefficient (Wildman–Crippen LogP) is 4.56. The average Bonchev–Trinajstić information content (AvgIpc) is 2.34. The Hall–Kier alpha value is -0.960. The van der Waals surface area contributed by atoms with Gasteiger partial charge in [-0.2, -0.15) is 0 Å². The Labute approximate surface area is 121 Å². The molecule has 0 aliphatic carbocycles. The lowest BCUT2D eigenvalue weighted by atomic mass is 9.78. The van der Waals surface area contributed by atoms with Crippen LogP contribution in [0.5, 0.6) is 0 Å². The van der Waals surface area contributed by atoms with Crippen LogP contribution in [0.1, 0.15) is 46.6 Å². The summed E-state index contributed by atoms with van der Waals surface area (Å²) in [6, 6.07) is 4.58. The lowest BCUT2D eigenvalue weighted by Gasteiger charge is -2.31. The SMILES string of the molecule is CCNC(Cc1cccc(F)c1F)CC(C)C(C)(C)C. The van der Waals surface area contributed by atoms with Crippen LogP contribution in [-0.4, -0.2) is 12.6 Å². The molecule has 1 rings (SSSR count). The molecule has 20 heavy (non-hydrogen) atoms. The largest absolute Gasteiger partial charge is 0.314 e. The summed E-state index contributed by atoms with van der Waals surface area (Å²) in [5, 5.41) is 3.39. The number of hydrogen-bond donors (Lipinski definition) is 1. The molecule has 0 saturated carbocycles. The van der Waals surface area contributed by atoms with E-state index < -0.39 is 11.6 Å². The fourth-order valence-electron chi connectivity index (χ4n) is 2.28. The van der Waals surface area contributed by atoms with Crippen molar-refractivity contribution in [2.75, 3.05) is 6.54 Å². The van der Waals surface area contributed by atoms with Crippen LogP contribution in [0.4, 0.5) is 8.78 Å². The van der Waals surface area contributed by atoms with Gasteiger partial charge in [-0.3, -0.25) is 0 Å².